The quantitative estimate of drug-likeness (QED) is 0.364. The highest BCUT2D eigenvalue weighted by Gasteiger charge is 2.27. The zero-order valence-electron chi connectivity index (χ0n) is 17.8. The number of H-pyrrole nitrogens is 1. The van der Waals surface area contributed by atoms with Crippen LogP contribution in [0.15, 0.2) is 73.1 Å². The second-order valence-corrected chi connectivity index (χ2v) is 8.22. The molecule has 5 rings (SSSR count). The fourth-order valence-electron chi connectivity index (χ4n) is 4.34. The summed E-state index contributed by atoms with van der Waals surface area (Å²) in [6.45, 7) is 0. The van der Waals surface area contributed by atoms with Crippen molar-refractivity contribution in [3.05, 3.63) is 101 Å². The minimum Gasteiger partial charge on any atom is -0.478 e. The van der Waals surface area contributed by atoms with Gasteiger partial charge in [0.05, 0.1) is 10.9 Å². The van der Waals surface area contributed by atoms with Crippen molar-refractivity contribution < 1.29 is 14.3 Å². The van der Waals surface area contributed by atoms with E-state index in [1.54, 1.807) is 12.3 Å². The Morgan fingerprint density at radius 1 is 1.06 bits per heavy atom. The van der Waals surface area contributed by atoms with E-state index >= 15 is 0 Å². The lowest BCUT2D eigenvalue weighted by molar-refractivity contribution is -0.131. The van der Waals surface area contributed by atoms with Gasteiger partial charge in [-0.25, -0.2) is 4.79 Å². The first-order valence-corrected chi connectivity index (χ1v) is 10.9. The van der Waals surface area contributed by atoms with Crippen LogP contribution in [0.5, 0.6) is 0 Å². The van der Waals surface area contributed by atoms with Gasteiger partial charge in [-0.2, -0.15) is 9.49 Å². The summed E-state index contributed by atoms with van der Waals surface area (Å²) in [6, 6.07) is 17.4. The Morgan fingerprint density at radius 3 is 2.52 bits per heavy atom. The number of halogens is 1. The van der Waals surface area contributed by atoms with Crippen molar-refractivity contribution >= 4 is 34.1 Å². The first-order valence-electron chi connectivity index (χ1n) is 10.9. The summed E-state index contributed by atoms with van der Waals surface area (Å²) in [5.74, 6) is -1.05. The number of carboxylic acid groups (broad SMARTS) is 1. The third kappa shape index (κ3) is 4.20. The standard InChI is InChI=1S/C27H22FN3O2/c28-27-22-15-20(11-12-23(22)30-31-27)25(19-9-6-17(7-10-19)8-13-24(32)33)26(18-3-1-4-18)21-5-2-14-29-16-21/h2,5-16,18H,1,3-4H2,(H,30,31)(H,32,33)/b13-8+,26-25+. The van der Waals surface area contributed by atoms with E-state index in [1.807, 2.05) is 54.7 Å². The third-order valence-corrected chi connectivity index (χ3v) is 6.17. The molecule has 1 aliphatic carbocycles. The van der Waals surface area contributed by atoms with E-state index in [2.05, 4.69) is 21.2 Å². The van der Waals surface area contributed by atoms with E-state index in [4.69, 9.17) is 5.11 Å². The average Bonchev–Trinajstić information content (AvgIpc) is 3.17. The number of rotatable bonds is 6. The largest absolute Gasteiger partial charge is 0.478 e. The summed E-state index contributed by atoms with van der Waals surface area (Å²) in [5.41, 5.74) is 6.55. The van der Waals surface area contributed by atoms with Crippen LogP contribution in [0.2, 0.25) is 0 Å². The Kier molecular flexibility index (Phi) is 5.57. The minimum atomic E-state index is -0.987. The van der Waals surface area contributed by atoms with Crippen molar-refractivity contribution in [2.75, 3.05) is 0 Å². The molecule has 0 unspecified atom stereocenters. The number of carboxylic acids is 1. The van der Waals surface area contributed by atoms with Gasteiger partial charge in [-0.05, 0) is 76.4 Å². The Balaban J connectivity index is 1.73. The number of allylic oxidation sites excluding steroid dienone is 1. The lowest BCUT2D eigenvalue weighted by Gasteiger charge is -2.31. The molecule has 1 aliphatic rings. The molecule has 0 spiro atoms. The molecular weight excluding hydrogens is 417 g/mol. The van der Waals surface area contributed by atoms with Crippen LogP contribution in [-0.4, -0.2) is 26.3 Å². The number of hydrogen-bond donors (Lipinski definition) is 2. The number of aromatic amines is 1. The second kappa shape index (κ2) is 8.82. The molecule has 0 bridgehead atoms. The Morgan fingerprint density at radius 2 is 1.85 bits per heavy atom. The predicted octanol–water partition coefficient (Wildman–Crippen LogP) is 5.95. The van der Waals surface area contributed by atoms with Crippen LogP contribution in [0.3, 0.4) is 0 Å². The number of aliphatic carboxylic acids is 1. The number of fused-ring (bicyclic) bond motifs is 1. The summed E-state index contributed by atoms with van der Waals surface area (Å²) in [7, 11) is 0. The molecule has 1 fully saturated rings. The summed E-state index contributed by atoms with van der Waals surface area (Å²) >= 11 is 0. The van der Waals surface area contributed by atoms with Crippen molar-refractivity contribution in [1.29, 1.82) is 0 Å². The number of pyridine rings is 1. The summed E-state index contributed by atoms with van der Waals surface area (Å²) < 4.78 is 14.4. The van der Waals surface area contributed by atoms with Gasteiger partial charge in [0.15, 0.2) is 0 Å². The summed E-state index contributed by atoms with van der Waals surface area (Å²) in [5, 5.41) is 15.8. The molecule has 2 aromatic heterocycles. The van der Waals surface area contributed by atoms with Gasteiger partial charge in [0, 0.05) is 18.5 Å². The van der Waals surface area contributed by atoms with E-state index in [0.29, 0.717) is 16.8 Å². The molecule has 5 nitrogen and oxygen atoms in total. The molecule has 6 heteroatoms. The molecule has 0 amide bonds. The molecule has 2 N–H and O–H groups in total. The van der Waals surface area contributed by atoms with Crippen molar-refractivity contribution in [2.45, 2.75) is 19.3 Å². The highest BCUT2D eigenvalue weighted by molar-refractivity contribution is 6.01. The van der Waals surface area contributed by atoms with Crippen molar-refractivity contribution in [2.24, 2.45) is 5.92 Å². The lowest BCUT2D eigenvalue weighted by Crippen LogP contribution is -2.15. The molecule has 0 radical (unpaired) electrons. The number of benzene rings is 2. The van der Waals surface area contributed by atoms with Crippen molar-refractivity contribution in [3.8, 4) is 0 Å². The van der Waals surface area contributed by atoms with Crippen LogP contribution >= 0.6 is 0 Å². The molecule has 0 saturated heterocycles. The number of carbonyl (C=O) groups is 1. The first kappa shape index (κ1) is 20.8. The van der Waals surface area contributed by atoms with Gasteiger partial charge in [-0.15, -0.1) is 0 Å². The zero-order valence-corrected chi connectivity index (χ0v) is 17.8. The topological polar surface area (TPSA) is 78.9 Å². The van der Waals surface area contributed by atoms with Gasteiger partial charge in [0.1, 0.15) is 0 Å². The Hall–Kier alpha value is -4.06. The van der Waals surface area contributed by atoms with Crippen LogP contribution in [0.25, 0.3) is 28.1 Å². The molecule has 0 aliphatic heterocycles. The fourth-order valence-corrected chi connectivity index (χ4v) is 4.34. The molecule has 1 saturated carbocycles. The van der Waals surface area contributed by atoms with E-state index in [0.717, 1.165) is 46.7 Å². The van der Waals surface area contributed by atoms with Crippen molar-refractivity contribution in [3.63, 3.8) is 0 Å². The first-order chi connectivity index (χ1) is 16.1. The Labute approximate surface area is 190 Å². The fraction of sp³-hybridized carbons (Fsp3) is 0.148. The summed E-state index contributed by atoms with van der Waals surface area (Å²) in [6.07, 6.45) is 9.70. The van der Waals surface area contributed by atoms with Gasteiger partial charge < -0.3 is 5.11 Å². The van der Waals surface area contributed by atoms with Gasteiger partial charge in [0.25, 0.3) is 0 Å². The highest BCUT2D eigenvalue weighted by Crippen LogP contribution is 2.45. The number of nitrogens with one attached hydrogen (secondary N) is 1. The normalized spacial score (nSPS) is 14.9. The monoisotopic (exact) mass is 439 g/mol. The van der Waals surface area contributed by atoms with E-state index in [1.165, 1.54) is 12.0 Å². The van der Waals surface area contributed by atoms with Gasteiger partial charge in [0.2, 0.25) is 5.95 Å². The molecule has 4 aromatic rings. The zero-order chi connectivity index (χ0) is 22.8. The number of hydrogen-bond acceptors (Lipinski definition) is 3. The minimum absolute atomic E-state index is 0.390. The number of nitrogens with zero attached hydrogens (tertiary/aromatic N) is 2. The van der Waals surface area contributed by atoms with Crippen LogP contribution < -0.4 is 0 Å². The summed E-state index contributed by atoms with van der Waals surface area (Å²) in [4.78, 5) is 15.2. The third-order valence-electron chi connectivity index (χ3n) is 6.17. The van der Waals surface area contributed by atoms with Crippen molar-refractivity contribution in [1.82, 2.24) is 15.2 Å². The smallest absolute Gasteiger partial charge is 0.328 e. The molecule has 0 atom stereocenters. The van der Waals surface area contributed by atoms with E-state index in [9.17, 15) is 9.18 Å². The van der Waals surface area contributed by atoms with Crippen LogP contribution in [-0.2, 0) is 4.79 Å². The van der Waals surface area contributed by atoms with Crippen LogP contribution in [0, 0.1) is 11.9 Å². The molecule has 33 heavy (non-hydrogen) atoms. The predicted molar refractivity (Wildman–Crippen MR) is 127 cm³/mol. The highest BCUT2D eigenvalue weighted by atomic mass is 19.1. The molecule has 2 heterocycles. The second-order valence-electron chi connectivity index (χ2n) is 8.22. The maximum absolute atomic E-state index is 14.4. The SMILES string of the molecule is O=C(O)/C=C/c1ccc(/C(=C(\c2cccnc2)C2CCC2)c2ccc3n[nH]c(F)c3c2)cc1. The molecule has 164 valence electrons. The maximum Gasteiger partial charge on any atom is 0.328 e. The lowest BCUT2D eigenvalue weighted by atomic mass is 9.73. The van der Waals surface area contributed by atoms with Gasteiger partial charge in [-0.1, -0.05) is 42.8 Å². The van der Waals surface area contributed by atoms with E-state index in [-0.39, 0.29) is 0 Å². The van der Waals surface area contributed by atoms with Crippen LogP contribution in [0.1, 0.15) is 41.5 Å². The van der Waals surface area contributed by atoms with E-state index < -0.39 is 11.9 Å². The molecular formula is C27H22FN3O2. The maximum atomic E-state index is 14.4. The van der Waals surface area contributed by atoms with Gasteiger partial charge >= 0.3 is 5.97 Å². The van der Waals surface area contributed by atoms with Crippen LogP contribution in [0.4, 0.5) is 4.39 Å². The Bertz CT molecular complexity index is 1370. The number of aromatic nitrogens is 3. The molecule has 2 aromatic carbocycles. The van der Waals surface area contributed by atoms with Gasteiger partial charge in [-0.3, -0.25) is 10.1 Å². The average molecular weight is 439 g/mol.